The highest BCUT2D eigenvalue weighted by atomic mass is 35.5. The quantitative estimate of drug-likeness (QED) is 0.655. The molecule has 0 amide bonds. The lowest BCUT2D eigenvalue weighted by Gasteiger charge is -2.16. The standard InChI is InChI=1S/C17H12ClF2N3/c18-23(11-12-2-1-3-14(19)10-12)17-15(20)4-5-16(22-17)13-6-8-21-9-7-13/h1-10H,11H2. The number of hydrogen-bond acceptors (Lipinski definition) is 3. The summed E-state index contributed by atoms with van der Waals surface area (Å²) in [5.41, 5.74) is 2.00. The average Bonchev–Trinajstić information content (AvgIpc) is 2.56. The topological polar surface area (TPSA) is 29.0 Å². The van der Waals surface area contributed by atoms with Gasteiger partial charge in [0.05, 0.1) is 12.2 Å². The van der Waals surface area contributed by atoms with E-state index in [2.05, 4.69) is 9.97 Å². The molecule has 0 atom stereocenters. The molecule has 116 valence electrons. The summed E-state index contributed by atoms with van der Waals surface area (Å²) in [7, 11) is 0. The Labute approximate surface area is 137 Å². The minimum atomic E-state index is -0.547. The molecule has 3 aromatic rings. The Morgan fingerprint density at radius 1 is 1.00 bits per heavy atom. The molecule has 0 saturated heterocycles. The summed E-state index contributed by atoms with van der Waals surface area (Å²) >= 11 is 6.15. The van der Waals surface area contributed by atoms with Crippen LogP contribution in [0.15, 0.2) is 60.9 Å². The smallest absolute Gasteiger partial charge is 0.180 e. The molecule has 0 radical (unpaired) electrons. The Kier molecular flexibility index (Phi) is 4.48. The second kappa shape index (κ2) is 6.71. The van der Waals surface area contributed by atoms with Crippen molar-refractivity contribution < 1.29 is 8.78 Å². The lowest BCUT2D eigenvalue weighted by Crippen LogP contribution is -2.13. The van der Waals surface area contributed by atoms with Crippen LogP contribution in [0.1, 0.15) is 5.56 Å². The Morgan fingerprint density at radius 3 is 2.52 bits per heavy atom. The van der Waals surface area contributed by atoms with Crippen LogP contribution >= 0.6 is 11.8 Å². The number of pyridine rings is 2. The molecule has 1 aromatic carbocycles. The molecular formula is C17H12ClF2N3. The molecular weight excluding hydrogens is 320 g/mol. The van der Waals surface area contributed by atoms with E-state index < -0.39 is 5.82 Å². The molecule has 2 heterocycles. The number of rotatable bonds is 4. The van der Waals surface area contributed by atoms with Gasteiger partial charge in [-0.05, 0) is 42.0 Å². The summed E-state index contributed by atoms with van der Waals surface area (Å²) in [4.78, 5) is 8.19. The van der Waals surface area contributed by atoms with Gasteiger partial charge in [0.15, 0.2) is 11.6 Å². The molecule has 0 saturated carbocycles. The van der Waals surface area contributed by atoms with E-state index in [1.165, 1.54) is 18.2 Å². The van der Waals surface area contributed by atoms with E-state index in [4.69, 9.17) is 11.8 Å². The maximum absolute atomic E-state index is 14.0. The van der Waals surface area contributed by atoms with Crippen molar-refractivity contribution in [3.63, 3.8) is 0 Å². The third kappa shape index (κ3) is 3.63. The Hall–Kier alpha value is -2.53. The van der Waals surface area contributed by atoms with E-state index in [0.717, 1.165) is 9.98 Å². The van der Waals surface area contributed by atoms with Gasteiger partial charge >= 0.3 is 0 Å². The monoisotopic (exact) mass is 331 g/mol. The molecule has 0 fully saturated rings. The highest BCUT2D eigenvalue weighted by molar-refractivity contribution is 6.25. The summed E-state index contributed by atoms with van der Waals surface area (Å²) in [5.74, 6) is -0.925. The second-order valence-electron chi connectivity index (χ2n) is 4.89. The number of benzene rings is 1. The fourth-order valence-corrected chi connectivity index (χ4v) is 2.41. The average molecular weight is 332 g/mol. The maximum atomic E-state index is 14.0. The summed E-state index contributed by atoms with van der Waals surface area (Å²) in [6.07, 6.45) is 3.26. The summed E-state index contributed by atoms with van der Waals surface area (Å²) in [5, 5.41) is 0. The van der Waals surface area contributed by atoms with Crippen LogP contribution < -0.4 is 4.42 Å². The fraction of sp³-hybridized carbons (Fsp3) is 0.0588. The van der Waals surface area contributed by atoms with Crippen LogP contribution in [0, 0.1) is 11.6 Å². The second-order valence-corrected chi connectivity index (χ2v) is 5.30. The van der Waals surface area contributed by atoms with Crippen LogP contribution in [0.2, 0.25) is 0 Å². The minimum absolute atomic E-state index is 0.00904. The zero-order chi connectivity index (χ0) is 16.2. The van der Waals surface area contributed by atoms with E-state index in [0.29, 0.717) is 11.3 Å². The highest BCUT2D eigenvalue weighted by Crippen LogP contribution is 2.25. The number of anilines is 1. The molecule has 0 unspecified atom stereocenters. The molecule has 0 spiro atoms. The van der Waals surface area contributed by atoms with Gasteiger partial charge in [0.2, 0.25) is 0 Å². The van der Waals surface area contributed by atoms with Crippen molar-refractivity contribution in [2.24, 2.45) is 0 Å². The largest absolute Gasteiger partial charge is 0.265 e. The van der Waals surface area contributed by atoms with E-state index in [1.807, 2.05) is 0 Å². The maximum Gasteiger partial charge on any atom is 0.180 e. The van der Waals surface area contributed by atoms with Gasteiger partial charge in [-0.1, -0.05) is 12.1 Å². The van der Waals surface area contributed by atoms with Crippen molar-refractivity contribution >= 4 is 17.6 Å². The van der Waals surface area contributed by atoms with Crippen molar-refractivity contribution in [1.29, 1.82) is 0 Å². The first kappa shape index (κ1) is 15.4. The van der Waals surface area contributed by atoms with Gasteiger partial charge in [-0.2, -0.15) is 0 Å². The zero-order valence-electron chi connectivity index (χ0n) is 12.0. The van der Waals surface area contributed by atoms with Gasteiger partial charge < -0.3 is 0 Å². The summed E-state index contributed by atoms with van der Waals surface area (Å²) in [6, 6.07) is 12.4. The van der Waals surface area contributed by atoms with Gasteiger partial charge in [-0.3, -0.25) is 9.40 Å². The molecule has 23 heavy (non-hydrogen) atoms. The lowest BCUT2D eigenvalue weighted by atomic mass is 10.2. The Balaban J connectivity index is 1.89. The minimum Gasteiger partial charge on any atom is -0.265 e. The predicted octanol–water partition coefficient (Wildman–Crippen LogP) is 4.58. The first-order chi connectivity index (χ1) is 11.1. The van der Waals surface area contributed by atoms with Crippen molar-refractivity contribution in [3.8, 4) is 11.3 Å². The first-order valence-corrected chi connectivity index (χ1v) is 7.22. The normalized spacial score (nSPS) is 10.6. The fourth-order valence-electron chi connectivity index (χ4n) is 2.16. The Morgan fingerprint density at radius 2 is 1.78 bits per heavy atom. The van der Waals surface area contributed by atoms with Gasteiger partial charge in [0, 0.05) is 29.7 Å². The predicted molar refractivity (Wildman–Crippen MR) is 85.9 cm³/mol. The zero-order valence-corrected chi connectivity index (χ0v) is 12.7. The van der Waals surface area contributed by atoms with Crippen LogP contribution in [0.25, 0.3) is 11.3 Å². The van der Waals surface area contributed by atoms with Crippen molar-refractivity contribution in [3.05, 3.63) is 78.1 Å². The molecule has 0 aliphatic carbocycles. The molecule has 0 aliphatic heterocycles. The molecule has 3 nitrogen and oxygen atoms in total. The van der Waals surface area contributed by atoms with Gasteiger partial charge in [0.25, 0.3) is 0 Å². The van der Waals surface area contributed by atoms with Crippen LogP contribution in [-0.2, 0) is 6.54 Å². The summed E-state index contributed by atoms with van der Waals surface area (Å²) in [6.45, 7) is 0.128. The van der Waals surface area contributed by atoms with Crippen LogP contribution in [-0.4, -0.2) is 9.97 Å². The number of hydrogen-bond donors (Lipinski definition) is 0. The van der Waals surface area contributed by atoms with Crippen LogP contribution in [0.3, 0.4) is 0 Å². The highest BCUT2D eigenvalue weighted by Gasteiger charge is 2.14. The number of nitrogens with zero attached hydrogens (tertiary/aromatic N) is 3. The molecule has 2 aromatic heterocycles. The molecule has 0 aliphatic rings. The summed E-state index contributed by atoms with van der Waals surface area (Å²) < 4.78 is 28.4. The number of halogens is 3. The van der Waals surface area contributed by atoms with Crippen molar-refractivity contribution in [2.75, 3.05) is 4.42 Å². The molecule has 6 heteroatoms. The van der Waals surface area contributed by atoms with Crippen molar-refractivity contribution in [2.45, 2.75) is 6.54 Å². The number of aromatic nitrogens is 2. The van der Waals surface area contributed by atoms with Crippen molar-refractivity contribution in [1.82, 2.24) is 9.97 Å². The van der Waals surface area contributed by atoms with Crippen LogP contribution in [0.5, 0.6) is 0 Å². The van der Waals surface area contributed by atoms with E-state index in [9.17, 15) is 8.78 Å². The van der Waals surface area contributed by atoms with E-state index in [1.54, 1.807) is 42.7 Å². The van der Waals surface area contributed by atoms with Crippen LogP contribution in [0.4, 0.5) is 14.6 Å². The van der Waals surface area contributed by atoms with Gasteiger partial charge in [0.1, 0.15) is 5.82 Å². The third-order valence-corrected chi connectivity index (χ3v) is 3.52. The van der Waals surface area contributed by atoms with E-state index >= 15 is 0 Å². The molecule has 3 rings (SSSR count). The molecule has 0 bridgehead atoms. The van der Waals surface area contributed by atoms with E-state index in [-0.39, 0.29) is 18.2 Å². The Bertz CT molecular complexity index is 812. The SMILES string of the molecule is Fc1cccc(CN(Cl)c2nc(-c3ccncc3)ccc2F)c1. The van der Waals surface area contributed by atoms with Gasteiger partial charge in [-0.15, -0.1) is 0 Å². The third-order valence-electron chi connectivity index (χ3n) is 3.24. The van der Waals surface area contributed by atoms with Gasteiger partial charge in [-0.25, -0.2) is 13.8 Å². The molecule has 0 N–H and O–H groups in total. The lowest BCUT2D eigenvalue weighted by molar-refractivity contribution is 0.619. The first-order valence-electron chi connectivity index (χ1n) is 6.88.